The van der Waals surface area contributed by atoms with Gasteiger partial charge in [-0.3, -0.25) is 4.90 Å². The molecule has 12 nitrogen and oxygen atoms in total. The van der Waals surface area contributed by atoms with E-state index in [1.807, 2.05) is 12.1 Å². The molecular formula is C34H41FN8O4. The molecule has 3 fully saturated rings. The third-order valence-electron chi connectivity index (χ3n) is 8.60. The molecule has 3 aliphatic heterocycles. The number of nitriles is 1. The van der Waals surface area contributed by atoms with Crippen LogP contribution < -0.4 is 15.0 Å². The molecule has 0 radical (unpaired) electrons. The fraction of sp³-hybridized carbons (Fsp3) is 0.500. The smallest absolute Gasteiger partial charge is 0.410 e. The Bertz CT molecular complexity index is 1610. The number of hydrogen-bond donors (Lipinski definition) is 1. The molecule has 0 bridgehead atoms. The number of benzene rings is 2. The number of ether oxygens (including phenoxy) is 3. The van der Waals surface area contributed by atoms with Gasteiger partial charge in [-0.05, 0) is 70.2 Å². The summed E-state index contributed by atoms with van der Waals surface area (Å²) in [6.45, 7) is 12.4. The first-order valence-corrected chi connectivity index (χ1v) is 16.0. The summed E-state index contributed by atoms with van der Waals surface area (Å²) >= 11 is 0. The van der Waals surface area contributed by atoms with Gasteiger partial charge < -0.3 is 29.3 Å². The number of likely N-dealkylation sites (tertiary alicyclic amines) is 1. The Labute approximate surface area is 274 Å². The molecule has 1 amide bonds. The molecule has 1 aromatic heterocycles. The lowest BCUT2D eigenvalue weighted by Crippen LogP contribution is -2.60. The van der Waals surface area contributed by atoms with Crippen LogP contribution in [0, 0.1) is 11.3 Å². The summed E-state index contributed by atoms with van der Waals surface area (Å²) in [5, 5.41) is 13.1. The summed E-state index contributed by atoms with van der Waals surface area (Å²) in [6.07, 6.45) is -1.11. The molecule has 1 N–H and O–H groups in total. The Hall–Kier alpha value is -4.54. The molecule has 3 saturated heterocycles. The Morgan fingerprint density at radius 3 is 2.53 bits per heavy atom. The quantitative estimate of drug-likeness (QED) is 0.381. The Morgan fingerprint density at radius 1 is 1.09 bits per heavy atom. The first-order valence-electron chi connectivity index (χ1n) is 16.0. The van der Waals surface area contributed by atoms with Crippen molar-refractivity contribution >= 4 is 23.4 Å². The highest BCUT2D eigenvalue weighted by Gasteiger charge is 2.36. The highest BCUT2D eigenvalue weighted by Crippen LogP contribution is 2.30. The second-order valence-corrected chi connectivity index (χ2v) is 13.2. The van der Waals surface area contributed by atoms with E-state index in [-0.39, 0.29) is 30.8 Å². The van der Waals surface area contributed by atoms with E-state index in [2.05, 4.69) is 55.2 Å². The zero-order chi connectivity index (χ0) is 33.1. The van der Waals surface area contributed by atoms with Crippen LogP contribution in [0.25, 0.3) is 11.4 Å². The van der Waals surface area contributed by atoms with E-state index in [0.29, 0.717) is 29.4 Å². The average molecular weight is 645 g/mol. The van der Waals surface area contributed by atoms with Gasteiger partial charge in [0.15, 0.2) is 12.0 Å². The maximum absolute atomic E-state index is 15.1. The number of carbonyl (C=O) groups is 1. The minimum atomic E-state index is -1.44. The van der Waals surface area contributed by atoms with Gasteiger partial charge in [-0.2, -0.15) is 10.2 Å². The molecule has 3 aromatic rings. The summed E-state index contributed by atoms with van der Waals surface area (Å²) < 4.78 is 31.8. The number of amides is 1. The second kappa shape index (κ2) is 13.7. The van der Waals surface area contributed by atoms with Gasteiger partial charge in [0, 0.05) is 55.6 Å². The van der Waals surface area contributed by atoms with Crippen molar-refractivity contribution in [2.45, 2.75) is 64.1 Å². The largest absolute Gasteiger partial charge is 0.486 e. The van der Waals surface area contributed by atoms with Crippen molar-refractivity contribution < 1.29 is 23.4 Å². The van der Waals surface area contributed by atoms with Crippen LogP contribution in [0.2, 0.25) is 0 Å². The van der Waals surface area contributed by atoms with Gasteiger partial charge in [-0.1, -0.05) is 0 Å². The van der Waals surface area contributed by atoms with Gasteiger partial charge >= 0.3 is 6.09 Å². The average Bonchev–Trinajstić information content (AvgIpc) is 3.02. The van der Waals surface area contributed by atoms with Gasteiger partial charge in [0.05, 0.1) is 31.4 Å². The van der Waals surface area contributed by atoms with Crippen molar-refractivity contribution in [3.05, 3.63) is 54.4 Å². The molecule has 13 heteroatoms. The fourth-order valence-electron chi connectivity index (χ4n) is 6.07. The van der Waals surface area contributed by atoms with Crippen LogP contribution in [0.1, 0.15) is 39.7 Å². The number of nitrogens with zero attached hydrogens (tertiary/aromatic N) is 7. The van der Waals surface area contributed by atoms with Crippen LogP contribution in [0.5, 0.6) is 5.75 Å². The van der Waals surface area contributed by atoms with Crippen LogP contribution in [0.15, 0.2) is 48.8 Å². The topological polar surface area (TPSA) is 129 Å². The van der Waals surface area contributed by atoms with Crippen LogP contribution in [-0.2, 0) is 9.47 Å². The number of halogens is 1. The van der Waals surface area contributed by atoms with Crippen molar-refractivity contribution in [3.63, 3.8) is 0 Å². The van der Waals surface area contributed by atoms with Crippen LogP contribution in [-0.4, -0.2) is 107 Å². The maximum atomic E-state index is 15.1. The standard InChI is InChI=1S/C34H41FN8O4/c1-22-17-41(13-14-43(22)27-19-45-20-27)26-8-6-25(7-9-26)39-32-38-21-37-31(40-32)23-5-10-29(24(15-23)16-36)46-30-11-12-42(18-28(30)35)33(44)47-34(2,3)4/h5-10,15,21-22,27-28,30H,11-14,17-20H2,1-4H3,(H,37,38,39,40)/t22?,28-,30+/m1/s1. The lowest BCUT2D eigenvalue weighted by molar-refractivity contribution is -0.0792. The maximum Gasteiger partial charge on any atom is 0.410 e. The second-order valence-electron chi connectivity index (χ2n) is 13.2. The fourth-order valence-corrected chi connectivity index (χ4v) is 6.07. The number of hydrogen-bond acceptors (Lipinski definition) is 11. The van der Waals surface area contributed by atoms with Gasteiger partial charge in [0.2, 0.25) is 5.95 Å². The van der Waals surface area contributed by atoms with Gasteiger partial charge in [-0.15, -0.1) is 0 Å². The van der Waals surface area contributed by atoms with Crippen molar-refractivity contribution in [3.8, 4) is 23.2 Å². The van der Waals surface area contributed by atoms with Crippen molar-refractivity contribution in [1.82, 2.24) is 24.8 Å². The zero-order valence-corrected chi connectivity index (χ0v) is 27.2. The number of rotatable bonds is 7. The summed E-state index contributed by atoms with van der Waals surface area (Å²) in [4.78, 5) is 31.8. The molecule has 0 aliphatic carbocycles. The van der Waals surface area contributed by atoms with Crippen LogP contribution in [0.3, 0.4) is 0 Å². The van der Waals surface area contributed by atoms with Gasteiger partial charge in [-0.25, -0.2) is 19.2 Å². The minimum absolute atomic E-state index is 0.143. The number of aromatic nitrogens is 3. The molecule has 3 atom stereocenters. The first kappa shape index (κ1) is 32.4. The molecule has 0 saturated carbocycles. The third-order valence-corrected chi connectivity index (χ3v) is 8.60. The molecular weight excluding hydrogens is 603 g/mol. The van der Waals surface area contributed by atoms with Crippen LogP contribution >= 0.6 is 0 Å². The van der Waals surface area contributed by atoms with Gasteiger partial charge in [0.25, 0.3) is 0 Å². The molecule has 248 valence electrons. The van der Waals surface area contributed by atoms with E-state index in [9.17, 15) is 10.1 Å². The number of piperazine rings is 1. The SMILES string of the molecule is CC1CN(c2ccc(Nc3ncnc(-c4ccc(O[C@H]5CCN(C(=O)OC(C)(C)C)C[C@H]5F)c(C#N)c4)n3)cc2)CCN1C1COC1. The Kier molecular flexibility index (Phi) is 9.42. The summed E-state index contributed by atoms with van der Waals surface area (Å²) in [5.74, 6) is 0.999. The van der Waals surface area contributed by atoms with E-state index in [4.69, 9.17) is 14.2 Å². The molecule has 0 spiro atoms. The Morgan fingerprint density at radius 2 is 1.87 bits per heavy atom. The molecule has 47 heavy (non-hydrogen) atoms. The van der Waals surface area contributed by atoms with Gasteiger partial charge in [0.1, 0.15) is 29.9 Å². The monoisotopic (exact) mass is 644 g/mol. The molecule has 2 aromatic carbocycles. The Balaban J connectivity index is 1.06. The minimum Gasteiger partial charge on any atom is -0.486 e. The highest BCUT2D eigenvalue weighted by molar-refractivity contribution is 5.68. The summed E-state index contributed by atoms with van der Waals surface area (Å²) in [7, 11) is 0. The van der Waals surface area contributed by atoms with Crippen molar-refractivity contribution in [1.29, 1.82) is 5.26 Å². The zero-order valence-electron chi connectivity index (χ0n) is 27.2. The summed E-state index contributed by atoms with van der Waals surface area (Å²) in [6, 6.07) is 16.3. The molecule has 1 unspecified atom stereocenters. The van der Waals surface area contributed by atoms with E-state index in [1.165, 1.54) is 16.9 Å². The highest BCUT2D eigenvalue weighted by atomic mass is 19.1. The lowest BCUT2D eigenvalue weighted by Gasteiger charge is -2.47. The predicted octanol–water partition coefficient (Wildman–Crippen LogP) is 4.79. The summed E-state index contributed by atoms with van der Waals surface area (Å²) in [5.41, 5.74) is 2.16. The lowest BCUT2D eigenvalue weighted by atomic mass is 10.1. The molecule has 6 rings (SSSR count). The van der Waals surface area contributed by atoms with E-state index >= 15 is 4.39 Å². The molecule has 4 heterocycles. The number of piperidine rings is 1. The number of anilines is 3. The first-order chi connectivity index (χ1) is 22.6. The normalized spacial score (nSPS) is 22.3. The van der Waals surface area contributed by atoms with E-state index in [1.54, 1.807) is 39.0 Å². The van der Waals surface area contributed by atoms with E-state index in [0.717, 1.165) is 38.5 Å². The van der Waals surface area contributed by atoms with Crippen molar-refractivity contribution in [2.75, 3.05) is 56.2 Å². The predicted molar refractivity (Wildman–Crippen MR) is 174 cm³/mol. The molecule has 3 aliphatic rings. The van der Waals surface area contributed by atoms with Crippen molar-refractivity contribution in [2.24, 2.45) is 0 Å². The van der Waals surface area contributed by atoms with E-state index < -0.39 is 24.0 Å². The van der Waals surface area contributed by atoms with Crippen LogP contribution in [0.4, 0.5) is 26.5 Å². The number of carbonyl (C=O) groups excluding carboxylic acids is 1. The third kappa shape index (κ3) is 7.72. The number of nitrogens with one attached hydrogen (secondary N) is 1. The number of alkyl halides is 1.